The summed E-state index contributed by atoms with van der Waals surface area (Å²) in [5.41, 5.74) is 1.15. The third-order valence-corrected chi connectivity index (χ3v) is 4.61. The van der Waals surface area contributed by atoms with Crippen molar-refractivity contribution < 1.29 is 24.6 Å². The molecule has 7 nitrogen and oxygen atoms in total. The number of carbonyl (C=O) groups excluding carboxylic acids is 1. The van der Waals surface area contributed by atoms with Crippen molar-refractivity contribution in [3.8, 4) is 0 Å². The number of carbonyl (C=O) groups is 3. The van der Waals surface area contributed by atoms with Crippen LogP contribution in [0.4, 0.5) is 0 Å². The van der Waals surface area contributed by atoms with E-state index in [2.05, 4.69) is 5.32 Å². The van der Waals surface area contributed by atoms with E-state index in [0.717, 1.165) is 24.8 Å². The van der Waals surface area contributed by atoms with E-state index >= 15 is 0 Å². The quantitative estimate of drug-likeness (QED) is 0.615. The number of hydrogen-bond acceptors (Lipinski definition) is 4. The molecule has 1 aromatic rings. The molecule has 1 fully saturated rings. The molecule has 26 heavy (non-hydrogen) atoms. The van der Waals surface area contributed by atoms with Crippen molar-refractivity contribution in [2.75, 3.05) is 13.1 Å². The number of nitrogens with one attached hydrogen (secondary N) is 1. The fraction of sp³-hybridized carbons (Fsp3) is 0.526. The predicted molar refractivity (Wildman–Crippen MR) is 95.8 cm³/mol. The van der Waals surface area contributed by atoms with Crippen molar-refractivity contribution >= 4 is 17.8 Å². The Kier molecular flexibility index (Phi) is 7.59. The zero-order chi connectivity index (χ0) is 18.9. The molecule has 7 heteroatoms. The number of likely N-dealkylation sites (tertiary alicyclic amines) is 1. The third kappa shape index (κ3) is 6.15. The highest BCUT2D eigenvalue weighted by Crippen LogP contribution is 2.14. The Morgan fingerprint density at radius 2 is 1.92 bits per heavy atom. The number of nitrogens with zero attached hydrogens (tertiary/aromatic N) is 1. The molecule has 1 saturated heterocycles. The second-order valence-electron chi connectivity index (χ2n) is 6.64. The summed E-state index contributed by atoms with van der Waals surface area (Å²) in [6, 6.07) is 8.37. The molecule has 1 aromatic carbocycles. The maximum absolute atomic E-state index is 12.5. The van der Waals surface area contributed by atoms with Crippen molar-refractivity contribution in [2.45, 2.75) is 50.6 Å². The number of hydrogen-bond donors (Lipinski definition) is 3. The lowest BCUT2D eigenvalue weighted by atomic mass is 10.0. The second-order valence-corrected chi connectivity index (χ2v) is 6.64. The van der Waals surface area contributed by atoms with Crippen LogP contribution in [0, 0.1) is 0 Å². The Morgan fingerprint density at radius 1 is 1.19 bits per heavy atom. The number of carboxylic acids is 2. The van der Waals surface area contributed by atoms with Crippen molar-refractivity contribution in [3.63, 3.8) is 0 Å². The molecule has 0 saturated carbocycles. The van der Waals surface area contributed by atoms with Gasteiger partial charge in [0.05, 0.1) is 6.04 Å². The van der Waals surface area contributed by atoms with Gasteiger partial charge in [-0.15, -0.1) is 0 Å². The third-order valence-electron chi connectivity index (χ3n) is 4.61. The standard InChI is InChI=1S/C19H26N2O5/c22-17(23)13-21-12-5-4-10-15(18(21)24)20-16(19(25)26)11-6-9-14-7-2-1-3-8-14/h1-3,7-8,15-16,20H,4-6,9-13H2,(H,22,23)(H,25,26)/t15?,16-/m0/s1. The summed E-state index contributed by atoms with van der Waals surface area (Å²) >= 11 is 0. The van der Waals surface area contributed by atoms with Crippen LogP contribution in [0.5, 0.6) is 0 Å². The van der Waals surface area contributed by atoms with Gasteiger partial charge in [-0.2, -0.15) is 0 Å². The zero-order valence-corrected chi connectivity index (χ0v) is 14.8. The first-order valence-electron chi connectivity index (χ1n) is 9.00. The van der Waals surface area contributed by atoms with Crippen molar-refractivity contribution in [3.05, 3.63) is 35.9 Å². The summed E-state index contributed by atoms with van der Waals surface area (Å²) in [6.45, 7) is 0.0534. The van der Waals surface area contributed by atoms with Gasteiger partial charge < -0.3 is 15.1 Å². The first-order valence-corrected chi connectivity index (χ1v) is 9.00. The van der Waals surface area contributed by atoms with E-state index in [4.69, 9.17) is 5.11 Å². The van der Waals surface area contributed by atoms with Gasteiger partial charge >= 0.3 is 11.9 Å². The average Bonchev–Trinajstić information content (AvgIpc) is 2.77. The summed E-state index contributed by atoms with van der Waals surface area (Å²) in [7, 11) is 0. The summed E-state index contributed by atoms with van der Waals surface area (Å²) in [4.78, 5) is 36.4. The monoisotopic (exact) mass is 362 g/mol. The molecule has 142 valence electrons. The lowest BCUT2D eigenvalue weighted by Crippen LogP contribution is -2.52. The number of aliphatic carboxylic acids is 2. The van der Waals surface area contributed by atoms with Crippen LogP contribution in [0.3, 0.4) is 0 Å². The minimum absolute atomic E-state index is 0.320. The second kappa shape index (κ2) is 9.91. The average molecular weight is 362 g/mol. The molecule has 0 bridgehead atoms. The number of aryl methyl sites for hydroxylation is 1. The molecule has 0 radical (unpaired) electrons. The van der Waals surface area contributed by atoms with Gasteiger partial charge in [0.25, 0.3) is 0 Å². The van der Waals surface area contributed by atoms with Gasteiger partial charge in [-0.1, -0.05) is 30.3 Å². The summed E-state index contributed by atoms with van der Waals surface area (Å²) in [5.74, 6) is -2.37. The van der Waals surface area contributed by atoms with E-state index in [9.17, 15) is 19.5 Å². The van der Waals surface area contributed by atoms with Crippen molar-refractivity contribution in [2.24, 2.45) is 0 Å². The SMILES string of the molecule is O=C(O)CN1CCCCC(N[C@@H](CCCc2ccccc2)C(=O)O)C1=O. The molecule has 2 rings (SSSR count). The van der Waals surface area contributed by atoms with Gasteiger partial charge in [-0.25, -0.2) is 0 Å². The van der Waals surface area contributed by atoms with E-state index < -0.39 is 24.0 Å². The maximum atomic E-state index is 12.5. The Morgan fingerprint density at radius 3 is 2.58 bits per heavy atom. The highest BCUT2D eigenvalue weighted by atomic mass is 16.4. The number of carboxylic acid groups (broad SMARTS) is 2. The smallest absolute Gasteiger partial charge is 0.323 e. The molecule has 1 amide bonds. The van der Waals surface area contributed by atoms with Gasteiger partial charge in [-0.05, 0) is 44.1 Å². The number of rotatable bonds is 9. The molecule has 1 aliphatic heterocycles. The summed E-state index contributed by atoms with van der Waals surface area (Å²) < 4.78 is 0. The van der Waals surface area contributed by atoms with Crippen LogP contribution in [-0.4, -0.2) is 58.1 Å². The topological polar surface area (TPSA) is 107 Å². The van der Waals surface area contributed by atoms with Gasteiger partial charge in [-0.3, -0.25) is 19.7 Å². The maximum Gasteiger partial charge on any atom is 0.323 e. The number of benzene rings is 1. The van der Waals surface area contributed by atoms with Gasteiger partial charge in [0.15, 0.2) is 0 Å². The van der Waals surface area contributed by atoms with E-state index in [1.165, 1.54) is 4.90 Å². The lowest BCUT2D eigenvalue weighted by Gasteiger charge is -2.26. The molecule has 0 spiro atoms. The highest BCUT2D eigenvalue weighted by molar-refractivity contribution is 5.86. The van der Waals surface area contributed by atoms with Crippen LogP contribution in [0.2, 0.25) is 0 Å². The summed E-state index contributed by atoms with van der Waals surface area (Å²) in [6.07, 6.45) is 3.88. The van der Waals surface area contributed by atoms with Crippen LogP contribution < -0.4 is 5.32 Å². The molecule has 2 atom stereocenters. The predicted octanol–water partition coefficient (Wildman–Crippen LogP) is 1.52. The Labute approximate surface area is 153 Å². The first kappa shape index (κ1) is 19.9. The normalized spacial score (nSPS) is 19.0. The minimum Gasteiger partial charge on any atom is -0.480 e. The largest absolute Gasteiger partial charge is 0.480 e. The molecule has 0 aromatic heterocycles. The van der Waals surface area contributed by atoms with Crippen molar-refractivity contribution in [1.29, 1.82) is 0 Å². The molecule has 1 heterocycles. The molecule has 1 aliphatic rings. The van der Waals surface area contributed by atoms with Gasteiger partial charge in [0.1, 0.15) is 12.6 Å². The fourth-order valence-corrected chi connectivity index (χ4v) is 3.26. The van der Waals surface area contributed by atoms with E-state index in [0.29, 0.717) is 25.8 Å². The van der Waals surface area contributed by atoms with Gasteiger partial charge in [0.2, 0.25) is 5.91 Å². The summed E-state index contributed by atoms with van der Waals surface area (Å²) in [5, 5.41) is 21.4. The molecule has 1 unspecified atom stereocenters. The lowest BCUT2D eigenvalue weighted by molar-refractivity contribution is -0.146. The van der Waals surface area contributed by atoms with Crippen LogP contribution >= 0.6 is 0 Å². The Bertz CT molecular complexity index is 620. The fourth-order valence-electron chi connectivity index (χ4n) is 3.26. The number of amides is 1. The Hall–Kier alpha value is -2.41. The van der Waals surface area contributed by atoms with Crippen LogP contribution in [0.1, 0.15) is 37.7 Å². The van der Waals surface area contributed by atoms with Crippen LogP contribution in [0.15, 0.2) is 30.3 Å². The van der Waals surface area contributed by atoms with Gasteiger partial charge in [0, 0.05) is 6.54 Å². The zero-order valence-electron chi connectivity index (χ0n) is 14.8. The van der Waals surface area contributed by atoms with E-state index in [1.54, 1.807) is 0 Å². The molecular formula is C19H26N2O5. The van der Waals surface area contributed by atoms with E-state index in [1.807, 2.05) is 30.3 Å². The molecule has 3 N–H and O–H groups in total. The van der Waals surface area contributed by atoms with Crippen molar-refractivity contribution in [1.82, 2.24) is 10.2 Å². The Balaban J connectivity index is 1.93. The van der Waals surface area contributed by atoms with E-state index in [-0.39, 0.29) is 12.5 Å². The van der Waals surface area contributed by atoms with Crippen LogP contribution in [-0.2, 0) is 20.8 Å². The van der Waals surface area contributed by atoms with Crippen LogP contribution in [0.25, 0.3) is 0 Å². The highest BCUT2D eigenvalue weighted by Gasteiger charge is 2.31. The molecule has 0 aliphatic carbocycles. The minimum atomic E-state index is -1.06. The molecular weight excluding hydrogens is 336 g/mol. The first-order chi connectivity index (χ1) is 12.5.